The third kappa shape index (κ3) is 3.52. The van der Waals surface area contributed by atoms with E-state index in [1.165, 1.54) is 0 Å². The molecule has 1 aromatic carbocycles. The van der Waals surface area contributed by atoms with Crippen LogP contribution in [0, 0.1) is 0 Å². The third-order valence-electron chi connectivity index (χ3n) is 2.22. The molecule has 0 saturated carbocycles. The minimum absolute atomic E-state index is 0.503. The topological polar surface area (TPSA) is 40.0 Å². The molecule has 1 aromatic rings. The summed E-state index contributed by atoms with van der Waals surface area (Å²) in [5.41, 5.74) is 1.37. The zero-order chi connectivity index (χ0) is 14.1. The molecule has 4 heteroatoms. The molecule has 4 nitrogen and oxygen atoms in total. The quantitative estimate of drug-likeness (QED) is 0.592. The van der Waals surface area contributed by atoms with Gasteiger partial charge < -0.3 is 14.2 Å². The maximum atomic E-state index is 5.19. The standard InChI is InChI=1S/C12H15NO3.C2H6/c1-8(14-3)9-6-11(15-4)12(16-5)7-10(9)13-2;1-2/h6-7H,1-2H2,3-5H3;1-2H3. The summed E-state index contributed by atoms with van der Waals surface area (Å²) < 4.78 is 15.4. The fourth-order valence-electron chi connectivity index (χ4n) is 1.33. The summed E-state index contributed by atoms with van der Waals surface area (Å²) in [7, 11) is 4.68. The van der Waals surface area contributed by atoms with Gasteiger partial charge in [-0.1, -0.05) is 20.4 Å². The van der Waals surface area contributed by atoms with Gasteiger partial charge in [-0.3, -0.25) is 4.99 Å². The monoisotopic (exact) mass is 251 g/mol. The number of hydrogen-bond acceptors (Lipinski definition) is 4. The Morgan fingerprint density at radius 3 is 1.94 bits per heavy atom. The molecule has 0 saturated heterocycles. The van der Waals surface area contributed by atoms with Crippen molar-refractivity contribution in [3.63, 3.8) is 0 Å². The highest BCUT2D eigenvalue weighted by Gasteiger charge is 2.12. The lowest BCUT2D eigenvalue weighted by Crippen LogP contribution is -1.94. The van der Waals surface area contributed by atoms with Crippen LogP contribution in [0.5, 0.6) is 11.5 Å². The van der Waals surface area contributed by atoms with Crippen LogP contribution in [0.25, 0.3) is 5.76 Å². The predicted octanol–water partition coefficient (Wildman–Crippen LogP) is 3.68. The van der Waals surface area contributed by atoms with Gasteiger partial charge in [0.1, 0.15) is 5.76 Å². The summed E-state index contributed by atoms with van der Waals surface area (Å²) in [6.07, 6.45) is 0. The highest BCUT2D eigenvalue weighted by Crippen LogP contribution is 2.37. The molecule has 0 unspecified atom stereocenters. The molecule has 0 spiro atoms. The van der Waals surface area contributed by atoms with Gasteiger partial charge in [-0.05, 0) is 12.8 Å². The number of rotatable bonds is 5. The number of ether oxygens (including phenoxy) is 3. The van der Waals surface area contributed by atoms with Gasteiger partial charge in [0.05, 0.1) is 27.0 Å². The van der Waals surface area contributed by atoms with E-state index in [0.29, 0.717) is 22.9 Å². The second kappa shape index (κ2) is 8.17. The molecule has 0 radical (unpaired) electrons. The molecule has 0 aliphatic heterocycles. The number of nitrogens with zero attached hydrogens (tertiary/aromatic N) is 1. The van der Waals surface area contributed by atoms with E-state index in [-0.39, 0.29) is 0 Å². The van der Waals surface area contributed by atoms with E-state index in [2.05, 4.69) is 18.3 Å². The van der Waals surface area contributed by atoms with Crippen molar-refractivity contribution < 1.29 is 14.2 Å². The van der Waals surface area contributed by atoms with E-state index in [1.807, 2.05) is 13.8 Å². The van der Waals surface area contributed by atoms with Crippen molar-refractivity contribution >= 4 is 18.2 Å². The number of methoxy groups -OCH3 is 3. The van der Waals surface area contributed by atoms with E-state index in [1.54, 1.807) is 33.5 Å². The molecule has 1 rings (SSSR count). The van der Waals surface area contributed by atoms with E-state index in [0.717, 1.165) is 5.56 Å². The van der Waals surface area contributed by atoms with Crippen molar-refractivity contribution in [3.05, 3.63) is 24.3 Å². The van der Waals surface area contributed by atoms with Crippen molar-refractivity contribution in [2.45, 2.75) is 13.8 Å². The average molecular weight is 251 g/mol. The highest BCUT2D eigenvalue weighted by atomic mass is 16.5. The van der Waals surface area contributed by atoms with Crippen molar-refractivity contribution in [1.82, 2.24) is 0 Å². The summed E-state index contributed by atoms with van der Waals surface area (Å²) in [6.45, 7) is 11.3. The van der Waals surface area contributed by atoms with Crippen LogP contribution in [0.4, 0.5) is 5.69 Å². The summed E-state index contributed by atoms with van der Waals surface area (Å²) in [4.78, 5) is 3.90. The molecule has 0 fully saturated rings. The van der Waals surface area contributed by atoms with Crippen molar-refractivity contribution in [1.29, 1.82) is 0 Å². The fourth-order valence-corrected chi connectivity index (χ4v) is 1.33. The summed E-state index contributed by atoms with van der Waals surface area (Å²) >= 11 is 0. The van der Waals surface area contributed by atoms with Crippen LogP contribution in [-0.4, -0.2) is 28.0 Å². The number of hydrogen-bond donors (Lipinski definition) is 0. The first-order valence-corrected chi connectivity index (χ1v) is 5.64. The SMILES string of the molecule is C=Nc1cc(OC)c(OC)cc1C(=C)OC.CC. The van der Waals surface area contributed by atoms with Gasteiger partial charge in [0.2, 0.25) is 0 Å². The Morgan fingerprint density at radius 1 is 1.06 bits per heavy atom. The van der Waals surface area contributed by atoms with Crippen LogP contribution >= 0.6 is 0 Å². The fraction of sp³-hybridized carbons (Fsp3) is 0.357. The molecule has 0 aliphatic rings. The molecule has 0 bridgehead atoms. The molecule has 0 atom stereocenters. The van der Waals surface area contributed by atoms with Gasteiger partial charge in [-0.25, -0.2) is 0 Å². The molecule has 0 amide bonds. The van der Waals surface area contributed by atoms with Crippen LogP contribution in [-0.2, 0) is 4.74 Å². The van der Waals surface area contributed by atoms with Gasteiger partial charge in [-0.15, -0.1) is 0 Å². The zero-order valence-corrected chi connectivity index (χ0v) is 11.7. The number of aliphatic imine (C=N–C) groups is 1. The van der Waals surface area contributed by atoms with E-state index >= 15 is 0 Å². The third-order valence-corrected chi connectivity index (χ3v) is 2.22. The van der Waals surface area contributed by atoms with Gasteiger partial charge in [0, 0.05) is 11.6 Å². The Hall–Kier alpha value is -1.97. The maximum absolute atomic E-state index is 5.19. The first-order chi connectivity index (χ1) is 8.67. The second-order valence-electron chi connectivity index (χ2n) is 3.01. The van der Waals surface area contributed by atoms with Crippen LogP contribution in [0.3, 0.4) is 0 Å². The lowest BCUT2D eigenvalue weighted by atomic mass is 10.1. The van der Waals surface area contributed by atoms with E-state index in [9.17, 15) is 0 Å². The Morgan fingerprint density at radius 2 is 1.56 bits per heavy atom. The number of benzene rings is 1. The lowest BCUT2D eigenvalue weighted by molar-refractivity contribution is 0.352. The molecule has 0 N–H and O–H groups in total. The molecular weight excluding hydrogens is 230 g/mol. The second-order valence-corrected chi connectivity index (χ2v) is 3.01. The summed E-state index contributed by atoms with van der Waals surface area (Å²) in [6, 6.07) is 3.49. The Kier molecular flexibility index (Phi) is 7.28. The van der Waals surface area contributed by atoms with Gasteiger partial charge in [0.15, 0.2) is 11.5 Å². The summed E-state index contributed by atoms with van der Waals surface area (Å²) in [5.74, 6) is 1.70. The Bertz CT molecular complexity index is 414. The van der Waals surface area contributed by atoms with Crippen molar-refractivity contribution in [2.75, 3.05) is 21.3 Å². The first kappa shape index (κ1) is 16.0. The van der Waals surface area contributed by atoms with E-state index in [4.69, 9.17) is 14.2 Å². The van der Waals surface area contributed by atoms with Crippen molar-refractivity contribution in [3.8, 4) is 11.5 Å². The molecule has 0 heterocycles. The lowest BCUT2D eigenvalue weighted by Gasteiger charge is -2.13. The predicted molar refractivity (Wildman–Crippen MR) is 76.1 cm³/mol. The van der Waals surface area contributed by atoms with Crippen LogP contribution < -0.4 is 9.47 Å². The van der Waals surface area contributed by atoms with Gasteiger partial charge >= 0.3 is 0 Å². The van der Waals surface area contributed by atoms with Gasteiger partial charge in [-0.2, -0.15) is 0 Å². The van der Waals surface area contributed by atoms with Crippen molar-refractivity contribution in [2.24, 2.45) is 4.99 Å². The molecule has 0 aliphatic carbocycles. The highest BCUT2D eigenvalue weighted by molar-refractivity contribution is 5.74. The zero-order valence-electron chi connectivity index (χ0n) is 11.7. The molecule has 100 valence electrons. The summed E-state index contributed by atoms with van der Waals surface area (Å²) in [5, 5.41) is 0. The Labute approximate surface area is 109 Å². The maximum Gasteiger partial charge on any atom is 0.162 e. The van der Waals surface area contributed by atoms with Crippen LogP contribution in [0.15, 0.2) is 23.7 Å². The smallest absolute Gasteiger partial charge is 0.162 e. The minimum Gasteiger partial charge on any atom is -0.497 e. The normalized spacial score (nSPS) is 8.72. The van der Waals surface area contributed by atoms with E-state index < -0.39 is 0 Å². The minimum atomic E-state index is 0.503. The average Bonchev–Trinajstić information content (AvgIpc) is 2.46. The van der Waals surface area contributed by atoms with Crippen LogP contribution in [0.1, 0.15) is 19.4 Å². The molecule has 18 heavy (non-hydrogen) atoms. The molecular formula is C14H21NO3. The van der Waals surface area contributed by atoms with Gasteiger partial charge in [0.25, 0.3) is 0 Å². The molecule has 0 aromatic heterocycles. The Balaban J connectivity index is 0.00000137. The largest absolute Gasteiger partial charge is 0.497 e. The van der Waals surface area contributed by atoms with Crippen LogP contribution in [0.2, 0.25) is 0 Å². The first-order valence-electron chi connectivity index (χ1n) is 5.64.